The van der Waals surface area contributed by atoms with Crippen molar-refractivity contribution in [3.8, 4) is 44.6 Å². The number of aryl methyl sites for hydroxylation is 1. The molecule has 2 aliphatic rings. The van der Waals surface area contributed by atoms with Crippen LogP contribution in [0.4, 0.5) is 65.9 Å². The zero-order chi connectivity index (χ0) is 53.8. The number of hydrogen-bond donors (Lipinski definition) is 3. The summed E-state index contributed by atoms with van der Waals surface area (Å²) in [6, 6.07) is 14.5. The Morgan fingerprint density at radius 1 is 0.368 bits per heavy atom. The number of aromatic amines is 3. The highest BCUT2D eigenvalue weighted by Gasteiger charge is 2.38. The molecule has 22 heteroatoms. The van der Waals surface area contributed by atoms with Crippen LogP contribution in [0, 0.1) is 87.3 Å². The summed E-state index contributed by atoms with van der Waals surface area (Å²) < 4.78 is 234. The second kappa shape index (κ2) is 16.6. The third-order valence-corrected chi connectivity index (χ3v) is 13.4. The van der Waals surface area contributed by atoms with Gasteiger partial charge in [-0.3, -0.25) is 9.59 Å². The zero-order valence-electron chi connectivity index (χ0n) is 37.5. The van der Waals surface area contributed by atoms with E-state index in [4.69, 9.17) is 0 Å². The maximum absolute atomic E-state index is 16.6. The van der Waals surface area contributed by atoms with Gasteiger partial charge in [0.15, 0.2) is 81.4 Å². The SMILES string of the molecule is Cn1cc2c(c1-c1cc3[nH]c1c(-c1c(F)c(F)c(F)c(F)c1F)c1ccc([nH]1)c(-c1c(F)c(F)c(F)c(F)c1F)c1nc(c(-c4c(F)c(F)c(F)c(F)c4F)c4ccc3[nH]4)C=C1)C(=O)c1cc3ccccc3cc1C2=O. The van der Waals surface area contributed by atoms with E-state index in [1.165, 1.54) is 29.9 Å². The molecule has 0 spiro atoms. The first-order valence-corrected chi connectivity index (χ1v) is 21.9. The Morgan fingerprint density at radius 3 is 1.21 bits per heavy atom. The van der Waals surface area contributed by atoms with E-state index in [1.807, 2.05) is 0 Å². The van der Waals surface area contributed by atoms with Gasteiger partial charge in [0.1, 0.15) is 0 Å². The average molecular weight is 1060 g/mol. The standard InChI is InChI=1S/C54H20F15N5O2/c1-74-15-21-29(54(76)19-13-17-5-3-2-4-16(17)12-18(19)53(21)75)52(74)20-14-28-22-6-7-23(70-22)30(33-36(55)42(61)48(67)43(62)37(33)56)24-8-9-25(71-24)31(34-38(57)44(63)49(68)45(64)39(34)58)26-10-11-27(72-26)32(51(20)73-28)35-40(59)46(65)50(69)47(66)41(35)60/h2-15,70,72-73H,1H3. The van der Waals surface area contributed by atoms with Gasteiger partial charge in [0.2, 0.25) is 17.5 Å². The molecule has 76 heavy (non-hydrogen) atoms. The summed E-state index contributed by atoms with van der Waals surface area (Å²) in [4.78, 5) is 41.4. The van der Waals surface area contributed by atoms with Crippen LogP contribution in [0.5, 0.6) is 0 Å². The third-order valence-electron chi connectivity index (χ3n) is 13.4. The van der Waals surface area contributed by atoms with Gasteiger partial charge in [-0.1, -0.05) is 24.3 Å². The number of halogens is 15. The molecule has 5 aromatic carbocycles. The van der Waals surface area contributed by atoms with Crippen LogP contribution in [0.15, 0.2) is 72.9 Å². The maximum atomic E-state index is 16.6. The lowest BCUT2D eigenvalue weighted by Crippen LogP contribution is -2.20. The van der Waals surface area contributed by atoms with Gasteiger partial charge in [-0.2, -0.15) is 0 Å². The van der Waals surface area contributed by atoms with Crippen LogP contribution in [-0.2, 0) is 7.05 Å². The summed E-state index contributed by atoms with van der Waals surface area (Å²) in [5.74, 6) is -39.2. The Labute approximate surface area is 412 Å². The van der Waals surface area contributed by atoms with Crippen LogP contribution in [-0.4, -0.2) is 36.1 Å². The highest BCUT2D eigenvalue weighted by molar-refractivity contribution is 6.32. The number of nitrogens with zero attached hydrogens (tertiary/aromatic N) is 2. The van der Waals surface area contributed by atoms with Crippen LogP contribution in [0.25, 0.3) is 101 Å². The normalized spacial score (nSPS) is 12.7. The van der Waals surface area contributed by atoms with E-state index in [-0.39, 0.29) is 44.5 Å². The lowest BCUT2D eigenvalue weighted by molar-refractivity contribution is 0.0980. The Bertz CT molecular complexity index is 4460. The smallest absolute Gasteiger partial charge is 0.200 e. The number of carbonyl (C=O) groups excluding carboxylic acids is 2. The summed E-state index contributed by atoms with van der Waals surface area (Å²) >= 11 is 0. The molecule has 10 aromatic rings. The molecule has 0 radical (unpaired) electrons. The average Bonchev–Trinajstić information content (AvgIpc) is 4.38. The molecule has 0 fully saturated rings. The lowest BCUT2D eigenvalue weighted by atomic mass is 9.83. The van der Waals surface area contributed by atoms with Crippen molar-refractivity contribution in [1.82, 2.24) is 24.5 Å². The molecule has 378 valence electrons. The van der Waals surface area contributed by atoms with Gasteiger partial charge in [0.25, 0.3) is 0 Å². The van der Waals surface area contributed by atoms with Crippen LogP contribution in [0.1, 0.15) is 43.2 Å². The number of rotatable bonds is 4. The molecular formula is C54H20F15N5O2. The molecule has 5 aromatic heterocycles. The fraction of sp³-hybridized carbons (Fsp3) is 0.0185. The molecule has 7 nitrogen and oxygen atoms in total. The molecule has 0 unspecified atom stereocenters. The largest absolute Gasteiger partial charge is 0.354 e. The topological polar surface area (TPSA) is 99.3 Å². The molecule has 6 heterocycles. The summed E-state index contributed by atoms with van der Waals surface area (Å²) in [5.41, 5.74) is -14.7. The van der Waals surface area contributed by atoms with Crippen molar-refractivity contribution >= 4 is 67.6 Å². The summed E-state index contributed by atoms with van der Waals surface area (Å²) in [6.07, 6.45) is 2.80. The van der Waals surface area contributed by atoms with Gasteiger partial charge in [-0.25, -0.2) is 70.8 Å². The van der Waals surface area contributed by atoms with Crippen LogP contribution < -0.4 is 0 Å². The molecule has 3 N–H and O–H groups in total. The molecule has 12 rings (SSSR count). The number of benzene rings is 5. The van der Waals surface area contributed by atoms with Crippen LogP contribution in [0.3, 0.4) is 0 Å². The van der Waals surface area contributed by atoms with Gasteiger partial charge in [-0.05, 0) is 65.4 Å². The molecular weight excluding hydrogens is 1040 g/mol. The molecule has 1 aliphatic heterocycles. The number of ketones is 2. The molecule has 0 amide bonds. The minimum atomic E-state index is -2.65. The van der Waals surface area contributed by atoms with E-state index in [9.17, 15) is 22.8 Å². The fourth-order valence-corrected chi connectivity index (χ4v) is 9.93. The van der Waals surface area contributed by atoms with Crippen molar-refractivity contribution < 1.29 is 75.4 Å². The number of H-pyrrole nitrogens is 3. The minimum Gasteiger partial charge on any atom is -0.354 e. The van der Waals surface area contributed by atoms with E-state index < -0.39 is 166 Å². The second-order valence-corrected chi connectivity index (χ2v) is 17.5. The van der Waals surface area contributed by atoms with Gasteiger partial charge in [-0.15, -0.1) is 0 Å². The van der Waals surface area contributed by atoms with Crippen molar-refractivity contribution in [3.63, 3.8) is 0 Å². The maximum Gasteiger partial charge on any atom is 0.200 e. The van der Waals surface area contributed by atoms with Crippen molar-refractivity contribution in [1.29, 1.82) is 0 Å². The van der Waals surface area contributed by atoms with Crippen molar-refractivity contribution in [2.45, 2.75) is 0 Å². The molecule has 8 bridgehead atoms. The Hall–Kier alpha value is -9.34. The lowest BCUT2D eigenvalue weighted by Gasteiger charge is -2.17. The summed E-state index contributed by atoms with van der Waals surface area (Å²) in [5, 5.41) is 1.09. The van der Waals surface area contributed by atoms with E-state index in [2.05, 4.69) is 19.9 Å². The van der Waals surface area contributed by atoms with Crippen LogP contribution >= 0.6 is 0 Å². The van der Waals surface area contributed by atoms with Gasteiger partial charge in [0, 0.05) is 63.2 Å². The first kappa shape index (κ1) is 47.7. The van der Waals surface area contributed by atoms with E-state index >= 15 is 52.7 Å². The van der Waals surface area contributed by atoms with Crippen molar-refractivity contribution in [2.24, 2.45) is 7.05 Å². The van der Waals surface area contributed by atoms with Crippen molar-refractivity contribution in [3.05, 3.63) is 194 Å². The van der Waals surface area contributed by atoms with Gasteiger partial charge >= 0.3 is 0 Å². The Balaban J connectivity index is 1.31. The van der Waals surface area contributed by atoms with E-state index in [1.54, 1.807) is 24.3 Å². The monoisotopic (exact) mass is 1060 g/mol. The Kier molecular flexibility index (Phi) is 10.4. The predicted octanol–water partition coefficient (Wildman–Crippen LogP) is 14.7. The number of fused-ring (bicyclic) bond motifs is 12. The van der Waals surface area contributed by atoms with Crippen molar-refractivity contribution in [2.75, 3.05) is 0 Å². The third kappa shape index (κ3) is 6.51. The molecule has 0 atom stereocenters. The zero-order valence-corrected chi connectivity index (χ0v) is 37.5. The van der Waals surface area contributed by atoms with E-state index in [0.717, 1.165) is 42.5 Å². The highest BCUT2D eigenvalue weighted by atomic mass is 19.2. The predicted molar refractivity (Wildman–Crippen MR) is 246 cm³/mol. The number of nitrogens with one attached hydrogen (secondary N) is 3. The Morgan fingerprint density at radius 2 is 0.750 bits per heavy atom. The first-order chi connectivity index (χ1) is 36.2. The molecule has 1 aliphatic carbocycles. The molecule has 0 saturated heterocycles. The quantitative estimate of drug-likeness (QED) is 0.0930. The number of aromatic nitrogens is 5. The van der Waals surface area contributed by atoms with Gasteiger partial charge < -0.3 is 19.5 Å². The van der Waals surface area contributed by atoms with Gasteiger partial charge in [0.05, 0.1) is 61.4 Å². The highest BCUT2D eigenvalue weighted by Crippen LogP contribution is 2.46. The number of carbonyl (C=O) groups is 2. The first-order valence-electron chi connectivity index (χ1n) is 21.9. The number of hydrogen-bond acceptors (Lipinski definition) is 3. The fourth-order valence-electron chi connectivity index (χ4n) is 9.93. The van der Waals surface area contributed by atoms with Crippen LogP contribution in [0.2, 0.25) is 0 Å². The summed E-state index contributed by atoms with van der Waals surface area (Å²) in [7, 11) is 1.33. The molecule has 0 saturated carbocycles. The summed E-state index contributed by atoms with van der Waals surface area (Å²) in [6.45, 7) is 0. The van der Waals surface area contributed by atoms with E-state index in [0.29, 0.717) is 10.8 Å². The second-order valence-electron chi connectivity index (χ2n) is 17.5. The minimum absolute atomic E-state index is 0.0242.